The molecule has 0 aliphatic carbocycles. The van der Waals surface area contributed by atoms with Crippen LogP contribution < -0.4 is 0 Å². The zero-order valence-corrected chi connectivity index (χ0v) is 17.8. The maximum absolute atomic E-state index is 13.3. The van der Waals surface area contributed by atoms with Crippen molar-refractivity contribution in [1.29, 1.82) is 0 Å². The number of aryl methyl sites for hydroxylation is 3. The summed E-state index contributed by atoms with van der Waals surface area (Å²) in [4.78, 5) is 15.6. The third-order valence-corrected chi connectivity index (χ3v) is 6.12. The van der Waals surface area contributed by atoms with Crippen LogP contribution in [0.2, 0.25) is 0 Å². The molecule has 0 saturated carbocycles. The molecular weight excluding hydrogens is 358 g/mol. The number of rotatable bonds is 4. The maximum atomic E-state index is 13.3. The summed E-state index contributed by atoms with van der Waals surface area (Å²) in [6.45, 7) is 8.84. The molecule has 0 spiro atoms. The van der Waals surface area contributed by atoms with Gasteiger partial charge in [0.15, 0.2) is 0 Å². The summed E-state index contributed by atoms with van der Waals surface area (Å²) in [5.41, 5.74) is 6.99. The van der Waals surface area contributed by atoms with Crippen LogP contribution in [0, 0.1) is 20.8 Å². The van der Waals surface area contributed by atoms with Gasteiger partial charge in [-0.1, -0.05) is 60.0 Å². The largest absolute Gasteiger partial charge is 0.294 e. The first-order valence-electron chi connectivity index (χ1n) is 10.8. The Bertz CT molecular complexity index is 927. The zero-order valence-electron chi connectivity index (χ0n) is 17.8. The van der Waals surface area contributed by atoms with Gasteiger partial charge in [0.25, 0.3) is 5.91 Å². The summed E-state index contributed by atoms with van der Waals surface area (Å²) in [6.07, 6.45) is 4.41. The molecule has 1 saturated heterocycles. The van der Waals surface area contributed by atoms with E-state index in [9.17, 15) is 4.79 Å². The number of carbonyl (C=O) groups excluding carboxylic acids is 1. The molecule has 4 rings (SSSR count). The second-order valence-corrected chi connectivity index (χ2v) is 8.57. The zero-order chi connectivity index (χ0) is 20.4. The van der Waals surface area contributed by atoms with Gasteiger partial charge in [-0.25, -0.2) is 5.01 Å². The van der Waals surface area contributed by atoms with E-state index in [0.717, 1.165) is 30.8 Å². The Labute approximate surface area is 174 Å². The van der Waals surface area contributed by atoms with Gasteiger partial charge in [-0.05, 0) is 63.4 Å². The van der Waals surface area contributed by atoms with E-state index >= 15 is 0 Å². The van der Waals surface area contributed by atoms with Gasteiger partial charge in [-0.15, -0.1) is 0 Å². The Kier molecular flexibility index (Phi) is 5.81. The highest BCUT2D eigenvalue weighted by molar-refractivity contribution is 6.03. The maximum Gasteiger partial charge on any atom is 0.257 e. The number of amides is 1. The lowest BCUT2D eigenvalue weighted by Gasteiger charge is -2.29. The van der Waals surface area contributed by atoms with Gasteiger partial charge in [0.1, 0.15) is 0 Å². The predicted molar refractivity (Wildman–Crippen MR) is 118 cm³/mol. The van der Waals surface area contributed by atoms with Gasteiger partial charge in [-0.3, -0.25) is 9.69 Å². The number of hydrazone groups is 1. The summed E-state index contributed by atoms with van der Waals surface area (Å²) in [5.74, 6) is 0.112. The van der Waals surface area contributed by atoms with Crippen LogP contribution in [0.5, 0.6) is 0 Å². The topological polar surface area (TPSA) is 35.9 Å². The monoisotopic (exact) mass is 389 g/mol. The second kappa shape index (κ2) is 8.50. The summed E-state index contributed by atoms with van der Waals surface area (Å²) in [7, 11) is 0. The minimum atomic E-state index is -0.0253. The first-order chi connectivity index (χ1) is 14.0. The second-order valence-electron chi connectivity index (χ2n) is 8.57. The van der Waals surface area contributed by atoms with E-state index < -0.39 is 0 Å². The van der Waals surface area contributed by atoms with Crippen LogP contribution in [-0.4, -0.2) is 41.2 Å². The first kappa shape index (κ1) is 19.8. The molecule has 29 heavy (non-hydrogen) atoms. The molecule has 2 aliphatic heterocycles. The Morgan fingerprint density at radius 2 is 1.76 bits per heavy atom. The third kappa shape index (κ3) is 4.43. The summed E-state index contributed by atoms with van der Waals surface area (Å²) >= 11 is 0. The standard InChI is InChI=1S/C25H31N3O/c1-18-8-7-9-21(14-18)23-16-24(22-15-19(2)10-11-20(22)3)28(26-23)25(29)17-27-12-5-4-6-13-27/h7-11,14-15,24H,4-6,12-13,16-17H2,1-3H3/t24-/m1/s1. The molecule has 0 bridgehead atoms. The van der Waals surface area contributed by atoms with E-state index in [1.165, 1.54) is 41.5 Å². The van der Waals surface area contributed by atoms with Crippen LogP contribution in [0.4, 0.5) is 0 Å². The lowest BCUT2D eigenvalue weighted by Crippen LogP contribution is -2.40. The van der Waals surface area contributed by atoms with E-state index in [0.29, 0.717) is 6.54 Å². The molecule has 2 aromatic carbocycles. The Hall–Kier alpha value is -2.46. The van der Waals surface area contributed by atoms with E-state index in [2.05, 4.69) is 68.1 Å². The number of hydrogen-bond acceptors (Lipinski definition) is 3. The van der Waals surface area contributed by atoms with Crippen molar-refractivity contribution >= 4 is 11.6 Å². The van der Waals surface area contributed by atoms with Crippen molar-refractivity contribution in [2.45, 2.75) is 52.5 Å². The highest BCUT2D eigenvalue weighted by Crippen LogP contribution is 2.35. The normalized spacial score (nSPS) is 20.0. The molecule has 2 aliphatic rings. The predicted octanol–water partition coefficient (Wildman–Crippen LogP) is 4.78. The number of benzene rings is 2. The SMILES string of the molecule is Cc1cccc(C2=NN(C(=O)CN3CCCCC3)[C@@H](c3cc(C)ccc3C)C2)c1. The number of nitrogens with zero attached hydrogens (tertiary/aromatic N) is 3. The van der Waals surface area contributed by atoms with Crippen LogP contribution in [-0.2, 0) is 4.79 Å². The molecule has 2 aromatic rings. The molecule has 0 unspecified atom stereocenters. The Morgan fingerprint density at radius 3 is 2.52 bits per heavy atom. The van der Waals surface area contributed by atoms with Crippen LogP contribution >= 0.6 is 0 Å². The van der Waals surface area contributed by atoms with Gasteiger partial charge in [-0.2, -0.15) is 5.10 Å². The Morgan fingerprint density at radius 1 is 1.00 bits per heavy atom. The van der Waals surface area contributed by atoms with Gasteiger partial charge in [0.2, 0.25) is 0 Å². The minimum absolute atomic E-state index is 0.0253. The van der Waals surface area contributed by atoms with Gasteiger partial charge in [0, 0.05) is 6.42 Å². The van der Waals surface area contributed by atoms with Crippen LogP contribution in [0.1, 0.15) is 59.5 Å². The fourth-order valence-corrected chi connectivity index (χ4v) is 4.48. The lowest BCUT2D eigenvalue weighted by molar-refractivity contribution is -0.134. The Balaban J connectivity index is 1.65. The van der Waals surface area contributed by atoms with Crippen LogP contribution in [0.15, 0.2) is 47.6 Å². The van der Waals surface area contributed by atoms with Crippen LogP contribution in [0.3, 0.4) is 0 Å². The van der Waals surface area contributed by atoms with Crippen molar-refractivity contribution in [1.82, 2.24) is 9.91 Å². The van der Waals surface area contributed by atoms with E-state index in [1.807, 2.05) is 0 Å². The number of piperidine rings is 1. The van der Waals surface area contributed by atoms with Crippen molar-refractivity contribution in [3.8, 4) is 0 Å². The molecule has 0 radical (unpaired) electrons. The first-order valence-corrected chi connectivity index (χ1v) is 10.8. The molecule has 1 fully saturated rings. The molecular formula is C25H31N3O. The number of carbonyl (C=O) groups is 1. The van der Waals surface area contributed by atoms with Crippen molar-refractivity contribution < 1.29 is 4.79 Å². The molecule has 0 N–H and O–H groups in total. The molecule has 152 valence electrons. The smallest absolute Gasteiger partial charge is 0.257 e. The summed E-state index contributed by atoms with van der Waals surface area (Å²) in [5, 5.41) is 6.64. The van der Waals surface area contributed by atoms with Crippen molar-refractivity contribution in [2.75, 3.05) is 19.6 Å². The average Bonchev–Trinajstić information content (AvgIpc) is 3.16. The van der Waals surface area contributed by atoms with Gasteiger partial charge < -0.3 is 0 Å². The van der Waals surface area contributed by atoms with E-state index in [-0.39, 0.29) is 11.9 Å². The van der Waals surface area contributed by atoms with Gasteiger partial charge >= 0.3 is 0 Å². The average molecular weight is 390 g/mol. The van der Waals surface area contributed by atoms with Gasteiger partial charge in [0.05, 0.1) is 18.3 Å². The third-order valence-electron chi connectivity index (χ3n) is 6.12. The highest BCUT2D eigenvalue weighted by Gasteiger charge is 2.34. The molecule has 4 heteroatoms. The van der Waals surface area contributed by atoms with Crippen molar-refractivity contribution in [2.24, 2.45) is 5.10 Å². The fourth-order valence-electron chi connectivity index (χ4n) is 4.48. The quantitative estimate of drug-likeness (QED) is 0.755. The lowest BCUT2D eigenvalue weighted by atomic mass is 9.93. The summed E-state index contributed by atoms with van der Waals surface area (Å²) in [6, 6.07) is 14.9. The van der Waals surface area contributed by atoms with Crippen LogP contribution in [0.25, 0.3) is 0 Å². The molecule has 1 amide bonds. The highest BCUT2D eigenvalue weighted by atomic mass is 16.2. The van der Waals surface area contributed by atoms with E-state index in [4.69, 9.17) is 5.10 Å². The summed E-state index contributed by atoms with van der Waals surface area (Å²) < 4.78 is 0. The molecule has 4 nitrogen and oxygen atoms in total. The minimum Gasteiger partial charge on any atom is -0.294 e. The van der Waals surface area contributed by atoms with E-state index in [1.54, 1.807) is 5.01 Å². The molecule has 1 atom stereocenters. The molecule has 2 heterocycles. The number of hydrogen-bond donors (Lipinski definition) is 0. The van der Waals surface area contributed by atoms with Crippen molar-refractivity contribution in [3.63, 3.8) is 0 Å². The molecule has 0 aromatic heterocycles. The van der Waals surface area contributed by atoms with Crippen molar-refractivity contribution in [3.05, 3.63) is 70.3 Å². The number of likely N-dealkylation sites (tertiary alicyclic amines) is 1. The fraction of sp³-hybridized carbons (Fsp3) is 0.440.